The molecule has 5 heteroatoms. The molecule has 0 radical (unpaired) electrons. The molecular formula is C14H18N4O. The van der Waals surface area contributed by atoms with Crippen molar-refractivity contribution in [2.45, 2.75) is 25.8 Å². The molecule has 0 saturated heterocycles. The first-order valence-electron chi connectivity index (χ1n) is 6.34. The lowest BCUT2D eigenvalue weighted by molar-refractivity contribution is -0.121. The predicted molar refractivity (Wildman–Crippen MR) is 74.2 cm³/mol. The number of hydrogen-bond donors (Lipinski definition) is 3. The number of nitrogens with one attached hydrogen (secondary N) is 2. The third-order valence-electron chi connectivity index (χ3n) is 2.94. The van der Waals surface area contributed by atoms with Crippen LogP contribution in [0.4, 0.5) is 5.82 Å². The van der Waals surface area contributed by atoms with Crippen molar-refractivity contribution < 1.29 is 4.79 Å². The number of carbonyl (C=O) groups is 1. The molecule has 1 heterocycles. The Bertz CT molecular complexity index is 521. The van der Waals surface area contributed by atoms with Gasteiger partial charge in [0.15, 0.2) is 0 Å². The van der Waals surface area contributed by atoms with E-state index in [2.05, 4.69) is 27.6 Å². The molecule has 0 spiro atoms. The highest BCUT2D eigenvalue weighted by Gasteiger charge is 2.04. The van der Waals surface area contributed by atoms with Crippen LogP contribution in [0.1, 0.15) is 24.0 Å². The second-order valence-electron chi connectivity index (χ2n) is 4.42. The first-order valence-corrected chi connectivity index (χ1v) is 6.34. The lowest BCUT2D eigenvalue weighted by Crippen LogP contribution is -2.22. The van der Waals surface area contributed by atoms with Gasteiger partial charge in [0.1, 0.15) is 5.82 Å². The molecule has 0 aliphatic rings. The van der Waals surface area contributed by atoms with Crippen molar-refractivity contribution in [3.63, 3.8) is 0 Å². The fourth-order valence-corrected chi connectivity index (χ4v) is 1.84. The summed E-state index contributed by atoms with van der Waals surface area (Å²) in [7, 11) is 0. The van der Waals surface area contributed by atoms with E-state index in [-0.39, 0.29) is 5.91 Å². The van der Waals surface area contributed by atoms with Crippen LogP contribution in [-0.2, 0) is 17.8 Å². The number of nitrogens with two attached hydrogens (primary N) is 1. The molecule has 0 fully saturated rings. The number of anilines is 1. The number of hydrogen-bond acceptors (Lipinski definition) is 3. The summed E-state index contributed by atoms with van der Waals surface area (Å²) in [5.41, 5.74) is 7.71. The molecule has 0 aliphatic carbocycles. The first-order chi connectivity index (χ1) is 9.25. The number of nitrogens with zero attached hydrogens (tertiary/aromatic N) is 1. The number of H-pyrrole nitrogens is 1. The van der Waals surface area contributed by atoms with E-state index in [9.17, 15) is 4.79 Å². The van der Waals surface area contributed by atoms with Gasteiger partial charge < -0.3 is 11.1 Å². The maximum absolute atomic E-state index is 11.7. The van der Waals surface area contributed by atoms with E-state index in [4.69, 9.17) is 5.73 Å². The summed E-state index contributed by atoms with van der Waals surface area (Å²) in [6.45, 7) is 0.423. The molecule has 4 N–H and O–H groups in total. The van der Waals surface area contributed by atoms with Gasteiger partial charge in [0.25, 0.3) is 0 Å². The van der Waals surface area contributed by atoms with Crippen LogP contribution in [0.15, 0.2) is 36.5 Å². The summed E-state index contributed by atoms with van der Waals surface area (Å²) >= 11 is 0. The zero-order valence-electron chi connectivity index (χ0n) is 10.7. The highest BCUT2D eigenvalue weighted by atomic mass is 16.1. The molecule has 1 aromatic carbocycles. The summed E-state index contributed by atoms with van der Waals surface area (Å²) in [4.78, 5) is 11.7. The number of benzene rings is 1. The molecule has 5 nitrogen and oxygen atoms in total. The zero-order chi connectivity index (χ0) is 13.5. The number of aryl methyl sites for hydroxylation is 1. The molecule has 1 amide bonds. The number of amides is 1. The highest BCUT2D eigenvalue weighted by molar-refractivity contribution is 5.75. The van der Waals surface area contributed by atoms with Crippen molar-refractivity contribution in [3.8, 4) is 0 Å². The molecule has 100 valence electrons. The Kier molecular flexibility index (Phi) is 4.55. The second-order valence-corrected chi connectivity index (χ2v) is 4.42. The molecule has 0 aliphatic heterocycles. The van der Waals surface area contributed by atoms with Gasteiger partial charge in [-0.3, -0.25) is 9.89 Å². The van der Waals surface area contributed by atoms with E-state index in [1.165, 1.54) is 5.56 Å². The predicted octanol–water partition coefficient (Wildman–Crippen LogP) is 1.63. The van der Waals surface area contributed by atoms with Crippen LogP contribution in [0, 0.1) is 0 Å². The number of carbonyl (C=O) groups excluding carboxylic acids is 1. The molecule has 2 rings (SSSR count). The van der Waals surface area contributed by atoms with Crippen LogP contribution in [0.3, 0.4) is 0 Å². The molecular weight excluding hydrogens is 240 g/mol. The van der Waals surface area contributed by atoms with E-state index in [0.717, 1.165) is 18.4 Å². The van der Waals surface area contributed by atoms with Crippen LogP contribution in [0.5, 0.6) is 0 Å². The quantitative estimate of drug-likeness (QED) is 0.736. The molecule has 19 heavy (non-hydrogen) atoms. The van der Waals surface area contributed by atoms with E-state index in [0.29, 0.717) is 18.8 Å². The minimum atomic E-state index is 0.0385. The number of aromatic nitrogens is 2. The lowest BCUT2D eigenvalue weighted by Gasteiger charge is -2.04. The molecule has 0 atom stereocenters. The summed E-state index contributed by atoms with van der Waals surface area (Å²) in [5, 5.41) is 9.27. The minimum Gasteiger partial charge on any atom is -0.384 e. The topological polar surface area (TPSA) is 83.8 Å². The van der Waals surface area contributed by atoms with Gasteiger partial charge in [-0.05, 0) is 18.4 Å². The van der Waals surface area contributed by atoms with Gasteiger partial charge in [0.2, 0.25) is 5.91 Å². The second kappa shape index (κ2) is 6.58. The van der Waals surface area contributed by atoms with Gasteiger partial charge in [-0.25, -0.2) is 0 Å². The van der Waals surface area contributed by atoms with Crippen LogP contribution < -0.4 is 11.1 Å². The van der Waals surface area contributed by atoms with Crippen molar-refractivity contribution in [1.29, 1.82) is 0 Å². The third kappa shape index (κ3) is 4.13. The molecule has 1 aromatic heterocycles. The number of nitrogen functional groups attached to an aromatic ring is 1. The Hall–Kier alpha value is -2.30. The van der Waals surface area contributed by atoms with E-state index < -0.39 is 0 Å². The van der Waals surface area contributed by atoms with E-state index in [1.54, 1.807) is 6.20 Å². The van der Waals surface area contributed by atoms with Gasteiger partial charge in [-0.2, -0.15) is 5.10 Å². The third-order valence-corrected chi connectivity index (χ3v) is 2.94. The van der Waals surface area contributed by atoms with Crippen LogP contribution in [0.2, 0.25) is 0 Å². The lowest BCUT2D eigenvalue weighted by atomic mass is 10.1. The Labute approximate surface area is 112 Å². The van der Waals surface area contributed by atoms with Gasteiger partial charge in [-0.1, -0.05) is 30.3 Å². The van der Waals surface area contributed by atoms with Crippen molar-refractivity contribution >= 4 is 11.7 Å². The summed E-state index contributed by atoms with van der Waals surface area (Å²) < 4.78 is 0. The summed E-state index contributed by atoms with van der Waals surface area (Å²) in [6.07, 6.45) is 3.91. The molecule has 0 bridgehead atoms. The molecule has 0 unspecified atom stereocenters. The monoisotopic (exact) mass is 258 g/mol. The van der Waals surface area contributed by atoms with Gasteiger partial charge >= 0.3 is 0 Å². The van der Waals surface area contributed by atoms with Crippen LogP contribution in [-0.4, -0.2) is 16.1 Å². The maximum atomic E-state index is 11.7. The van der Waals surface area contributed by atoms with Crippen molar-refractivity contribution in [3.05, 3.63) is 47.7 Å². The van der Waals surface area contributed by atoms with Crippen molar-refractivity contribution in [2.24, 2.45) is 0 Å². The normalized spacial score (nSPS) is 10.3. The van der Waals surface area contributed by atoms with Crippen LogP contribution >= 0.6 is 0 Å². The standard InChI is InChI=1S/C14H18N4O/c15-14-12(10-17-18-14)9-16-13(19)8-4-7-11-5-2-1-3-6-11/h1-3,5-6,10H,4,7-9H2,(H,16,19)(H3,15,17,18). The maximum Gasteiger partial charge on any atom is 0.220 e. The van der Waals surface area contributed by atoms with Gasteiger partial charge in [0, 0.05) is 18.5 Å². The smallest absolute Gasteiger partial charge is 0.220 e. The fourth-order valence-electron chi connectivity index (χ4n) is 1.84. The van der Waals surface area contributed by atoms with Crippen molar-refractivity contribution in [2.75, 3.05) is 5.73 Å². The van der Waals surface area contributed by atoms with Crippen molar-refractivity contribution in [1.82, 2.24) is 15.5 Å². The first kappa shape index (κ1) is 13.1. The zero-order valence-corrected chi connectivity index (χ0v) is 10.7. The van der Waals surface area contributed by atoms with Gasteiger partial charge in [0.05, 0.1) is 6.20 Å². The van der Waals surface area contributed by atoms with E-state index in [1.807, 2.05) is 18.2 Å². The summed E-state index contributed by atoms with van der Waals surface area (Å²) in [6, 6.07) is 10.2. The SMILES string of the molecule is Nc1[nH]ncc1CNC(=O)CCCc1ccccc1. The molecule has 2 aromatic rings. The Morgan fingerprint density at radius 1 is 1.32 bits per heavy atom. The Balaban J connectivity index is 1.66. The van der Waals surface area contributed by atoms with Crippen LogP contribution in [0.25, 0.3) is 0 Å². The van der Waals surface area contributed by atoms with E-state index >= 15 is 0 Å². The fraction of sp³-hybridized carbons (Fsp3) is 0.286. The number of aromatic amines is 1. The highest BCUT2D eigenvalue weighted by Crippen LogP contribution is 2.06. The molecule has 0 saturated carbocycles. The average Bonchev–Trinajstić information content (AvgIpc) is 2.83. The summed E-state index contributed by atoms with van der Waals surface area (Å²) in [5.74, 6) is 0.543. The number of rotatable bonds is 6. The minimum absolute atomic E-state index is 0.0385. The Morgan fingerprint density at radius 2 is 2.11 bits per heavy atom. The Morgan fingerprint density at radius 3 is 2.79 bits per heavy atom. The largest absolute Gasteiger partial charge is 0.384 e. The average molecular weight is 258 g/mol. The van der Waals surface area contributed by atoms with Gasteiger partial charge in [-0.15, -0.1) is 0 Å².